The molecule has 0 bridgehead atoms. The molecule has 0 saturated carbocycles. The Hall–Kier alpha value is -2.74. The highest BCUT2D eigenvalue weighted by Gasteiger charge is 2.36. The van der Waals surface area contributed by atoms with Crippen LogP contribution in [0.1, 0.15) is 25.8 Å². The van der Waals surface area contributed by atoms with Gasteiger partial charge < -0.3 is 14.2 Å². The summed E-state index contributed by atoms with van der Waals surface area (Å²) in [4.78, 5) is 37.7. The van der Waals surface area contributed by atoms with Crippen molar-refractivity contribution in [3.8, 4) is 11.5 Å². The van der Waals surface area contributed by atoms with Crippen LogP contribution in [0.5, 0.6) is 11.5 Å². The number of carbonyl (C=O) groups is 3. The number of esters is 1. The Morgan fingerprint density at radius 3 is 2.71 bits per heavy atom. The molecule has 2 amide bonds. The van der Waals surface area contributed by atoms with Crippen LogP contribution in [0.4, 0.5) is 4.79 Å². The van der Waals surface area contributed by atoms with Gasteiger partial charge in [-0.1, -0.05) is 25.6 Å². The van der Waals surface area contributed by atoms with Crippen molar-refractivity contribution in [2.45, 2.75) is 26.4 Å². The second-order valence-electron chi connectivity index (χ2n) is 5.99. The summed E-state index contributed by atoms with van der Waals surface area (Å²) in [5.74, 6) is -0.0993. The number of methoxy groups -OCH3 is 1. The molecule has 0 radical (unpaired) electrons. The molecule has 1 aliphatic heterocycles. The molecule has 1 aromatic carbocycles. The van der Waals surface area contributed by atoms with E-state index in [9.17, 15) is 14.4 Å². The van der Waals surface area contributed by atoms with Crippen LogP contribution in [0.15, 0.2) is 35.8 Å². The zero-order valence-corrected chi connectivity index (χ0v) is 16.9. The van der Waals surface area contributed by atoms with Gasteiger partial charge in [0, 0.05) is 0 Å². The van der Waals surface area contributed by atoms with Crippen molar-refractivity contribution in [1.29, 1.82) is 0 Å². The zero-order valence-electron chi connectivity index (χ0n) is 16.1. The van der Waals surface area contributed by atoms with Crippen molar-refractivity contribution in [2.75, 3.05) is 20.3 Å². The van der Waals surface area contributed by atoms with Crippen LogP contribution >= 0.6 is 11.8 Å². The predicted molar refractivity (Wildman–Crippen MR) is 107 cm³/mol. The molecule has 0 N–H and O–H groups in total. The smallest absolute Gasteiger partial charge is 0.326 e. The fourth-order valence-electron chi connectivity index (χ4n) is 2.30. The lowest BCUT2D eigenvalue weighted by molar-refractivity contribution is -0.150. The number of hydrogen-bond acceptors (Lipinski definition) is 7. The van der Waals surface area contributed by atoms with E-state index in [1.807, 2.05) is 6.92 Å². The summed E-state index contributed by atoms with van der Waals surface area (Å²) in [5.41, 5.74) is 0.662. The molecule has 1 heterocycles. The van der Waals surface area contributed by atoms with Crippen molar-refractivity contribution in [1.82, 2.24) is 4.90 Å². The van der Waals surface area contributed by atoms with Gasteiger partial charge in [0.1, 0.15) is 13.2 Å². The number of thioether (sulfide) groups is 1. The lowest BCUT2D eigenvalue weighted by Crippen LogP contribution is -2.35. The molecule has 150 valence electrons. The number of nitrogens with zero attached hydrogens (tertiary/aromatic N) is 1. The SMILES string of the molecule is C=CCOc1ccc(/C=C2/SC(=O)N(CC(=O)O[C@H](C)CC)C2=O)cc1OC. The largest absolute Gasteiger partial charge is 0.493 e. The van der Waals surface area contributed by atoms with E-state index in [2.05, 4.69) is 6.58 Å². The second-order valence-corrected chi connectivity index (χ2v) is 6.98. The van der Waals surface area contributed by atoms with E-state index < -0.39 is 23.7 Å². The molecule has 1 aromatic rings. The average Bonchev–Trinajstić information content (AvgIpc) is 2.93. The van der Waals surface area contributed by atoms with Gasteiger partial charge in [-0.3, -0.25) is 19.3 Å². The van der Waals surface area contributed by atoms with Gasteiger partial charge in [0.2, 0.25) is 0 Å². The van der Waals surface area contributed by atoms with E-state index in [1.54, 1.807) is 37.3 Å². The molecule has 0 unspecified atom stereocenters. The summed E-state index contributed by atoms with van der Waals surface area (Å²) >= 11 is 0.780. The van der Waals surface area contributed by atoms with Gasteiger partial charge in [-0.25, -0.2) is 0 Å². The van der Waals surface area contributed by atoms with Crippen LogP contribution < -0.4 is 9.47 Å². The number of rotatable bonds is 9. The second kappa shape index (κ2) is 9.98. The standard InChI is InChI=1S/C20H23NO6S/c1-5-9-26-15-8-7-14(10-16(15)25-4)11-17-19(23)21(20(24)28-17)12-18(22)27-13(3)6-2/h5,7-8,10-11,13H,1,6,9,12H2,2-4H3/b17-11+/t13-/m1/s1. The number of hydrogen-bond donors (Lipinski definition) is 0. The monoisotopic (exact) mass is 405 g/mol. The van der Waals surface area contributed by atoms with Crippen molar-refractivity contribution >= 4 is 35.0 Å². The molecular formula is C20H23NO6S. The first-order chi connectivity index (χ1) is 13.4. The third-order valence-electron chi connectivity index (χ3n) is 3.91. The Morgan fingerprint density at radius 2 is 2.07 bits per heavy atom. The van der Waals surface area contributed by atoms with Crippen LogP contribution in [0.2, 0.25) is 0 Å². The number of imide groups is 1. The minimum Gasteiger partial charge on any atom is -0.493 e. The summed E-state index contributed by atoms with van der Waals surface area (Å²) in [7, 11) is 1.51. The van der Waals surface area contributed by atoms with Crippen LogP contribution in [0.25, 0.3) is 6.08 Å². The van der Waals surface area contributed by atoms with Gasteiger partial charge in [0.05, 0.1) is 18.1 Å². The first-order valence-corrected chi connectivity index (χ1v) is 9.57. The third-order valence-corrected chi connectivity index (χ3v) is 4.82. The first-order valence-electron chi connectivity index (χ1n) is 8.76. The van der Waals surface area contributed by atoms with E-state index >= 15 is 0 Å². The van der Waals surface area contributed by atoms with Crippen molar-refractivity contribution in [3.63, 3.8) is 0 Å². The quantitative estimate of drug-likeness (QED) is 0.352. The number of amides is 2. The molecule has 1 saturated heterocycles. The van der Waals surface area contributed by atoms with Crippen molar-refractivity contribution in [2.24, 2.45) is 0 Å². The Morgan fingerprint density at radius 1 is 1.32 bits per heavy atom. The summed E-state index contributed by atoms with van der Waals surface area (Å²) in [6.07, 6.45) is 3.58. The van der Waals surface area contributed by atoms with Crippen LogP contribution in [0.3, 0.4) is 0 Å². The molecule has 8 heteroatoms. The van der Waals surface area contributed by atoms with Gasteiger partial charge in [-0.2, -0.15) is 0 Å². The molecule has 2 rings (SSSR count). The Bertz CT molecular complexity index is 804. The molecule has 1 atom stereocenters. The number of ether oxygens (including phenoxy) is 3. The Kier molecular flexibility index (Phi) is 7.69. The lowest BCUT2D eigenvalue weighted by atomic mass is 10.2. The molecule has 0 aromatic heterocycles. The van der Waals surface area contributed by atoms with Crippen molar-refractivity contribution < 1.29 is 28.6 Å². The maximum absolute atomic E-state index is 12.5. The molecule has 28 heavy (non-hydrogen) atoms. The molecule has 1 fully saturated rings. The summed E-state index contributed by atoms with van der Waals surface area (Å²) in [6, 6.07) is 5.15. The zero-order chi connectivity index (χ0) is 20.7. The predicted octanol–water partition coefficient (Wildman–Crippen LogP) is 3.64. The van der Waals surface area contributed by atoms with Gasteiger partial charge in [0.15, 0.2) is 11.5 Å². The van der Waals surface area contributed by atoms with E-state index in [0.717, 1.165) is 16.7 Å². The van der Waals surface area contributed by atoms with E-state index in [-0.39, 0.29) is 11.0 Å². The third kappa shape index (κ3) is 5.39. The average molecular weight is 405 g/mol. The van der Waals surface area contributed by atoms with Gasteiger partial charge in [-0.15, -0.1) is 0 Å². The summed E-state index contributed by atoms with van der Waals surface area (Å²) in [5, 5.41) is -0.504. The normalized spacial score (nSPS) is 16.2. The molecular weight excluding hydrogens is 382 g/mol. The Balaban J connectivity index is 2.14. The van der Waals surface area contributed by atoms with Crippen LogP contribution in [-0.4, -0.2) is 48.4 Å². The molecule has 0 spiro atoms. The number of benzene rings is 1. The maximum atomic E-state index is 12.5. The molecule has 7 nitrogen and oxygen atoms in total. The Labute approximate surface area is 168 Å². The van der Waals surface area contributed by atoms with Crippen molar-refractivity contribution in [3.05, 3.63) is 41.3 Å². The lowest BCUT2D eigenvalue weighted by Gasteiger charge is -2.14. The highest BCUT2D eigenvalue weighted by atomic mass is 32.2. The first kappa shape index (κ1) is 21.6. The molecule has 0 aliphatic carbocycles. The summed E-state index contributed by atoms with van der Waals surface area (Å²) in [6.45, 7) is 7.16. The topological polar surface area (TPSA) is 82.1 Å². The van der Waals surface area contributed by atoms with E-state index in [0.29, 0.717) is 30.1 Å². The highest BCUT2D eigenvalue weighted by molar-refractivity contribution is 8.18. The fourth-order valence-corrected chi connectivity index (χ4v) is 3.14. The van der Waals surface area contributed by atoms with Gasteiger partial charge in [0.25, 0.3) is 11.1 Å². The minimum absolute atomic E-state index is 0.225. The highest BCUT2D eigenvalue weighted by Crippen LogP contribution is 2.34. The van der Waals surface area contributed by atoms with Gasteiger partial charge in [-0.05, 0) is 48.9 Å². The van der Waals surface area contributed by atoms with Crippen LogP contribution in [0, 0.1) is 0 Å². The number of carbonyl (C=O) groups excluding carboxylic acids is 3. The van der Waals surface area contributed by atoms with E-state index in [1.165, 1.54) is 7.11 Å². The fraction of sp³-hybridized carbons (Fsp3) is 0.350. The van der Waals surface area contributed by atoms with Crippen LogP contribution in [-0.2, 0) is 14.3 Å². The summed E-state index contributed by atoms with van der Waals surface area (Å²) < 4.78 is 15.9. The van der Waals surface area contributed by atoms with E-state index in [4.69, 9.17) is 14.2 Å². The molecule has 1 aliphatic rings. The minimum atomic E-state index is -0.608. The van der Waals surface area contributed by atoms with Gasteiger partial charge >= 0.3 is 5.97 Å². The maximum Gasteiger partial charge on any atom is 0.326 e.